The Morgan fingerprint density at radius 1 is 1.32 bits per heavy atom. The van der Waals surface area contributed by atoms with Gasteiger partial charge >= 0.3 is 0 Å². The predicted octanol–water partition coefficient (Wildman–Crippen LogP) is 1.88. The predicted molar refractivity (Wildman–Crippen MR) is 101 cm³/mol. The number of ether oxygens (including phenoxy) is 1. The highest BCUT2D eigenvalue weighted by Crippen LogP contribution is 2.35. The Morgan fingerprint density at radius 3 is 2.96 bits per heavy atom. The molecule has 8 nitrogen and oxygen atoms in total. The van der Waals surface area contributed by atoms with Crippen molar-refractivity contribution in [3.8, 4) is 0 Å². The summed E-state index contributed by atoms with van der Waals surface area (Å²) in [5.41, 5.74) is 1.61. The van der Waals surface area contributed by atoms with Crippen LogP contribution in [0.15, 0.2) is 34.9 Å². The van der Waals surface area contributed by atoms with Crippen molar-refractivity contribution in [1.82, 2.24) is 15.8 Å². The van der Waals surface area contributed by atoms with Crippen molar-refractivity contribution < 1.29 is 23.6 Å². The molecule has 144 valence electrons. The average Bonchev–Trinajstić information content (AvgIpc) is 3.12. The van der Waals surface area contributed by atoms with Gasteiger partial charge in [0.1, 0.15) is 5.69 Å². The molecule has 0 saturated carbocycles. The van der Waals surface area contributed by atoms with Crippen LogP contribution < -0.4 is 10.6 Å². The fourth-order valence-corrected chi connectivity index (χ4v) is 3.50. The van der Waals surface area contributed by atoms with E-state index in [1.54, 1.807) is 25.3 Å². The van der Waals surface area contributed by atoms with Crippen LogP contribution in [-0.2, 0) is 14.3 Å². The van der Waals surface area contributed by atoms with Crippen LogP contribution in [0.4, 0.5) is 0 Å². The van der Waals surface area contributed by atoms with Gasteiger partial charge in [0.05, 0.1) is 17.9 Å². The maximum absolute atomic E-state index is 12.3. The first-order chi connectivity index (χ1) is 13.6. The number of fused-ring (bicyclic) bond motifs is 3. The molecule has 28 heavy (non-hydrogen) atoms. The van der Waals surface area contributed by atoms with E-state index in [1.165, 1.54) is 0 Å². The van der Waals surface area contributed by atoms with Gasteiger partial charge in [0.25, 0.3) is 5.91 Å². The molecule has 3 aromatic rings. The lowest BCUT2D eigenvalue weighted by atomic mass is 9.91. The zero-order chi connectivity index (χ0) is 19.7. The Morgan fingerprint density at radius 2 is 2.18 bits per heavy atom. The summed E-state index contributed by atoms with van der Waals surface area (Å²) in [6, 6.07) is 8.97. The van der Waals surface area contributed by atoms with Gasteiger partial charge in [-0.3, -0.25) is 19.7 Å². The number of methoxy groups -OCH3 is 1. The fraction of sp³-hybridized carbons (Fsp3) is 0.300. The van der Waals surface area contributed by atoms with Crippen LogP contribution in [0.2, 0.25) is 0 Å². The standard InChI is InChI=1S/C20H19N3O5/c1-27-9-8-21-19(25)12-2-4-13-11(10-12)3-6-15-17(13)18(23-28-15)14-5-7-16(24)22-20(14)26/h2-4,6,10,14H,5,7-9H2,1H3,(H,21,25)(H,22,24,26). The van der Waals surface area contributed by atoms with E-state index in [4.69, 9.17) is 9.26 Å². The van der Waals surface area contributed by atoms with Crippen LogP contribution >= 0.6 is 0 Å². The van der Waals surface area contributed by atoms with E-state index >= 15 is 0 Å². The van der Waals surface area contributed by atoms with Crippen LogP contribution in [0.3, 0.4) is 0 Å². The maximum atomic E-state index is 12.3. The van der Waals surface area contributed by atoms with Gasteiger partial charge in [0.2, 0.25) is 11.8 Å². The van der Waals surface area contributed by atoms with Gasteiger partial charge < -0.3 is 14.6 Å². The molecule has 1 unspecified atom stereocenters. The Bertz CT molecular complexity index is 1090. The maximum Gasteiger partial charge on any atom is 0.251 e. The van der Waals surface area contributed by atoms with E-state index < -0.39 is 5.92 Å². The lowest BCUT2D eigenvalue weighted by Crippen LogP contribution is -2.39. The summed E-state index contributed by atoms with van der Waals surface area (Å²) in [7, 11) is 1.58. The Balaban J connectivity index is 1.73. The number of aromatic nitrogens is 1. The molecule has 0 aliphatic carbocycles. The van der Waals surface area contributed by atoms with Gasteiger partial charge in [-0.1, -0.05) is 17.3 Å². The first-order valence-corrected chi connectivity index (χ1v) is 9.01. The summed E-state index contributed by atoms with van der Waals surface area (Å²) < 4.78 is 10.4. The highest BCUT2D eigenvalue weighted by Gasteiger charge is 2.32. The van der Waals surface area contributed by atoms with Crippen LogP contribution in [0.25, 0.3) is 21.7 Å². The van der Waals surface area contributed by atoms with Gasteiger partial charge in [0.15, 0.2) is 5.58 Å². The second-order valence-corrected chi connectivity index (χ2v) is 6.69. The molecule has 0 bridgehead atoms. The van der Waals surface area contributed by atoms with E-state index in [0.29, 0.717) is 36.4 Å². The molecule has 0 radical (unpaired) electrons. The number of hydrogen-bond acceptors (Lipinski definition) is 6. The van der Waals surface area contributed by atoms with Crippen LogP contribution in [0.5, 0.6) is 0 Å². The number of carbonyl (C=O) groups is 3. The zero-order valence-corrected chi connectivity index (χ0v) is 15.3. The number of carbonyl (C=O) groups excluding carboxylic acids is 3. The fourth-order valence-electron chi connectivity index (χ4n) is 3.50. The summed E-state index contributed by atoms with van der Waals surface area (Å²) in [6.45, 7) is 0.869. The molecule has 1 aliphatic rings. The van der Waals surface area contributed by atoms with E-state index in [0.717, 1.165) is 16.2 Å². The summed E-state index contributed by atoms with van der Waals surface area (Å²) in [5, 5.41) is 11.7. The van der Waals surface area contributed by atoms with Gasteiger partial charge in [0, 0.05) is 25.6 Å². The van der Waals surface area contributed by atoms with E-state index in [9.17, 15) is 14.4 Å². The number of hydrogen-bond donors (Lipinski definition) is 2. The van der Waals surface area contributed by atoms with Crippen LogP contribution in [-0.4, -0.2) is 43.1 Å². The van der Waals surface area contributed by atoms with Crippen molar-refractivity contribution >= 4 is 39.5 Å². The molecule has 8 heteroatoms. The minimum absolute atomic E-state index is 0.185. The summed E-state index contributed by atoms with van der Waals surface area (Å²) >= 11 is 0. The third kappa shape index (κ3) is 3.22. The number of amides is 3. The summed E-state index contributed by atoms with van der Waals surface area (Å²) in [6.07, 6.45) is 0.657. The highest BCUT2D eigenvalue weighted by molar-refractivity contribution is 6.11. The normalized spacial score (nSPS) is 17.1. The second-order valence-electron chi connectivity index (χ2n) is 6.69. The number of nitrogens with one attached hydrogen (secondary N) is 2. The zero-order valence-electron chi connectivity index (χ0n) is 15.3. The largest absolute Gasteiger partial charge is 0.383 e. The monoisotopic (exact) mass is 381 g/mol. The lowest BCUT2D eigenvalue weighted by Gasteiger charge is -2.19. The van der Waals surface area contributed by atoms with Gasteiger partial charge in [-0.05, 0) is 35.4 Å². The smallest absolute Gasteiger partial charge is 0.251 e. The molecule has 0 spiro atoms. The molecule has 1 atom stereocenters. The second kappa shape index (κ2) is 7.40. The Kier molecular flexibility index (Phi) is 4.79. The van der Waals surface area contributed by atoms with Crippen molar-refractivity contribution in [3.05, 3.63) is 41.6 Å². The Hall–Kier alpha value is -3.26. The third-order valence-corrected chi connectivity index (χ3v) is 4.90. The number of imide groups is 1. The van der Waals surface area contributed by atoms with Crippen LogP contribution in [0.1, 0.15) is 34.8 Å². The highest BCUT2D eigenvalue weighted by atomic mass is 16.5. The number of rotatable bonds is 5. The first-order valence-electron chi connectivity index (χ1n) is 9.01. The molecule has 2 heterocycles. The molecule has 1 aromatic heterocycles. The van der Waals surface area contributed by atoms with Gasteiger partial charge in [-0.15, -0.1) is 0 Å². The van der Waals surface area contributed by atoms with Crippen molar-refractivity contribution in [2.24, 2.45) is 0 Å². The third-order valence-electron chi connectivity index (χ3n) is 4.90. The van der Waals surface area contributed by atoms with Crippen molar-refractivity contribution in [3.63, 3.8) is 0 Å². The average molecular weight is 381 g/mol. The molecule has 3 amide bonds. The summed E-state index contributed by atoms with van der Waals surface area (Å²) in [4.78, 5) is 36.0. The minimum atomic E-state index is -0.540. The summed E-state index contributed by atoms with van der Waals surface area (Å²) in [5.74, 6) is -1.36. The number of nitrogens with zero attached hydrogens (tertiary/aromatic N) is 1. The van der Waals surface area contributed by atoms with E-state index in [-0.39, 0.29) is 24.1 Å². The van der Waals surface area contributed by atoms with Gasteiger partial charge in [-0.25, -0.2) is 0 Å². The molecule has 2 N–H and O–H groups in total. The molecule has 1 aliphatic heterocycles. The quantitative estimate of drug-likeness (QED) is 0.516. The lowest BCUT2D eigenvalue weighted by molar-refractivity contribution is -0.134. The molecule has 1 saturated heterocycles. The van der Waals surface area contributed by atoms with Crippen molar-refractivity contribution in [2.75, 3.05) is 20.3 Å². The SMILES string of the molecule is COCCNC(=O)c1ccc2c(ccc3onc(C4CCC(=O)NC4=O)c32)c1. The van der Waals surface area contributed by atoms with Gasteiger partial charge in [-0.2, -0.15) is 0 Å². The van der Waals surface area contributed by atoms with E-state index in [1.807, 2.05) is 12.1 Å². The molecular formula is C20H19N3O5. The topological polar surface area (TPSA) is 111 Å². The van der Waals surface area contributed by atoms with E-state index in [2.05, 4.69) is 15.8 Å². The minimum Gasteiger partial charge on any atom is -0.383 e. The number of piperidine rings is 1. The number of benzene rings is 2. The van der Waals surface area contributed by atoms with Crippen molar-refractivity contribution in [2.45, 2.75) is 18.8 Å². The Labute approximate surface area is 160 Å². The molecule has 2 aromatic carbocycles. The first kappa shape index (κ1) is 18.1. The molecule has 4 rings (SSSR count). The molecular weight excluding hydrogens is 362 g/mol. The molecule has 1 fully saturated rings. The van der Waals surface area contributed by atoms with Crippen molar-refractivity contribution in [1.29, 1.82) is 0 Å². The van der Waals surface area contributed by atoms with Crippen LogP contribution in [0, 0.1) is 0 Å².